The van der Waals surface area contributed by atoms with Gasteiger partial charge in [-0.15, -0.1) is 0 Å². The summed E-state index contributed by atoms with van der Waals surface area (Å²) in [5.74, 6) is 1.99. The van der Waals surface area contributed by atoms with E-state index in [4.69, 9.17) is 15.0 Å². The molecule has 4 heterocycles. The normalized spacial score (nSPS) is 12.1. The molecule has 6 heteroatoms. The van der Waals surface area contributed by atoms with Crippen LogP contribution in [0.25, 0.3) is 99.6 Å². The number of aryl methyl sites for hydroxylation is 3. The Labute approximate surface area is 295 Å². The van der Waals surface area contributed by atoms with Crippen molar-refractivity contribution in [2.24, 2.45) is 0 Å². The van der Waals surface area contributed by atoms with E-state index in [0.29, 0.717) is 17.5 Å². The second-order valence-electron chi connectivity index (χ2n) is 13.3. The Hall–Kier alpha value is -6.27. The van der Waals surface area contributed by atoms with Crippen molar-refractivity contribution in [3.63, 3.8) is 0 Å². The molecule has 10 rings (SSSR count). The lowest BCUT2D eigenvalue weighted by Crippen LogP contribution is -2.00. The fourth-order valence-corrected chi connectivity index (χ4v) is 8.36. The Morgan fingerprint density at radius 1 is 0.333 bits per heavy atom. The Morgan fingerprint density at radius 3 is 0.902 bits per heavy atom. The van der Waals surface area contributed by atoms with Crippen molar-refractivity contribution in [2.75, 3.05) is 0 Å². The molecule has 51 heavy (non-hydrogen) atoms. The van der Waals surface area contributed by atoms with Crippen LogP contribution in [0.3, 0.4) is 0 Å². The Morgan fingerprint density at radius 2 is 0.608 bits per heavy atom. The minimum Gasteiger partial charge on any atom is -0.341 e. The maximum Gasteiger partial charge on any atom is 0.164 e. The van der Waals surface area contributed by atoms with Crippen LogP contribution < -0.4 is 0 Å². The lowest BCUT2D eigenvalue weighted by Gasteiger charge is -2.10. The first-order valence-electron chi connectivity index (χ1n) is 17.9. The lowest BCUT2D eigenvalue weighted by molar-refractivity contribution is 0.827. The van der Waals surface area contributed by atoms with Crippen molar-refractivity contribution in [1.29, 1.82) is 0 Å². The average Bonchev–Trinajstić information content (AvgIpc) is 3.81. The summed E-state index contributed by atoms with van der Waals surface area (Å²) < 4.78 is 7.13. The summed E-state index contributed by atoms with van der Waals surface area (Å²) in [6.45, 7) is 9.31. The second-order valence-corrected chi connectivity index (χ2v) is 13.3. The molecule has 0 fully saturated rings. The molecule has 0 saturated carbocycles. The van der Waals surface area contributed by atoms with Crippen molar-refractivity contribution in [2.45, 2.75) is 40.4 Å². The number of hydrogen-bond donors (Lipinski definition) is 0. The zero-order valence-electron chi connectivity index (χ0n) is 28.9. The van der Waals surface area contributed by atoms with Crippen LogP contribution in [0.1, 0.15) is 20.8 Å². The first kappa shape index (κ1) is 29.6. The minimum absolute atomic E-state index is 0.664. The van der Waals surface area contributed by atoms with E-state index in [1.54, 1.807) is 0 Å². The van der Waals surface area contributed by atoms with Crippen LogP contribution in [0.15, 0.2) is 127 Å². The van der Waals surface area contributed by atoms with Gasteiger partial charge in [0.1, 0.15) is 0 Å². The van der Waals surface area contributed by atoms with Gasteiger partial charge >= 0.3 is 0 Å². The third kappa shape index (κ3) is 4.39. The Balaban J connectivity index is 1.22. The van der Waals surface area contributed by atoms with Gasteiger partial charge in [0.05, 0.1) is 0 Å². The van der Waals surface area contributed by atoms with E-state index < -0.39 is 0 Å². The van der Waals surface area contributed by atoms with Crippen LogP contribution in [0.4, 0.5) is 0 Å². The molecule has 246 valence electrons. The monoisotopic (exact) mass is 660 g/mol. The van der Waals surface area contributed by atoms with E-state index in [9.17, 15) is 0 Å². The summed E-state index contributed by atoms with van der Waals surface area (Å²) in [4.78, 5) is 15.7. The third-order valence-electron chi connectivity index (χ3n) is 10.7. The summed E-state index contributed by atoms with van der Waals surface area (Å²) in [5, 5.41) is 7.33. The van der Waals surface area contributed by atoms with Crippen molar-refractivity contribution >= 4 is 65.4 Å². The highest BCUT2D eigenvalue weighted by Gasteiger charge is 2.18. The number of benzene rings is 6. The minimum atomic E-state index is 0.664. The van der Waals surface area contributed by atoms with E-state index in [1.165, 1.54) is 65.4 Å². The van der Waals surface area contributed by atoms with Gasteiger partial charge in [0.15, 0.2) is 17.5 Å². The number of rotatable bonds is 6. The molecule has 0 radical (unpaired) electrons. The summed E-state index contributed by atoms with van der Waals surface area (Å²) in [7, 11) is 0. The van der Waals surface area contributed by atoms with Gasteiger partial charge in [0.25, 0.3) is 0 Å². The van der Waals surface area contributed by atoms with E-state index in [0.717, 1.165) is 36.3 Å². The largest absolute Gasteiger partial charge is 0.341 e. The molecule has 0 amide bonds. The molecule has 0 N–H and O–H groups in total. The summed E-state index contributed by atoms with van der Waals surface area (Å²) in [6.07, 6.45) is 0. The molecule has 0 bridgehead atoms. The smallest absolute Gasteiger partial charge is 0.164 e. The molecular weight excluding hydrogens is 625 g/mol. The molecule has 10 aromatic rings. The van der Waals surface area contributed by atoms with Crippen LogP contribution in [0, 0.1) is 0 Å². The quantitative estimate of drug-likeness (QED) is 0.178. The first-order chi connectivity index (χ1) is 25.1. The van der Waals surface area contributed by atoms with Crippen molar-refractivity contribution < 1.29 is 0 Å². The van der Waals surface area contributed by atoms with Gasteiger partial charge < -0.3 is 13.7 Å². The van der Waals surface area contributed by atoms with Crippen LogP contribution in [0.5, 0.6) is 0 Å². The van der Waals surface area contributed by atoms with Crippen molar-refractivity contribution in [3.05, 3.63) is 127 Å². The summed E-state index contributed by atoms with van der Waals surface area (Å²) in [6, 6.07) is 45.8. The molecule has 6 aromatic carbocycles. The van der Waals surface area contributed by atoms with E-state index >= 15 is 0 Å². The lowest BCUT2D eigenvalue weighted by atomic mass is 10.1. The molecule has 0 aliphatic rings. The van der Waals surface area contributed by atoms with Crippen molar-refractivity contribution in [1.82, 2.24) is 28.7 Å². The molecule has 0 atom stereocenters. The molecule has 0 aliphatic carbocycles. The number of aromatic nitrogens is 6. The molecule has 4 aromatic heterocycles. The molecular formula is C45H36N6. The van der Waals surface area contributed by atoms with Crippen LogP contribution in [0.2, 0.25) is 0 Å². The highest BCUT2D eigenvalue weighted by Crippen LogP contribution is 2.37. The zero-order chi connectivity index (χ0) is 34.2. The maximum absolute atomic E-state index is 5.22. The SMILES string of the molecule is CCn1c2ccccc2c2cc(-c3nc(-c4ccc5c(c4)c4ccccc4n5CC)nc(-c4ccc5c(c4)c4ccccc4n5CC)n3)ccc21. The van der Waals surface area contributed by atoms with E-state index in [2.05, 4.69) is 162 Å². The Kier molecular flexibility index (Phi) is 6.62. The second kappa shape index (κ2) is 11.4. The van der Waals surface area contributed by atoms with Crippen molar-refractivity contribution in [3.8, 4) is 34.2 Å². The van der Waals surface area contributed by atoms with Gasteiger partial charge in [-0.1, -0.05) is 54.6 Å². The van der Waals surface area contributed by atoms with Crippen LogP contribution >= 0.6 is 0 Å². The highest BCUT2D eigenvalue weighted by atomic mass is 15.0. The average molecular weight is 661 g/mol. The third-order valence-corrected chi connectivity index (χ3v) is 10.7. The van der Waals surface area contributed by atoms with Crippen LogP contribution in [-0.2, 0) is 19.6 Å². The maximum atomic E-state index is 5.22. The molecule has 0 spiro atoms. The number of fused-ring (bicyclic) bond motifs is 9. The molecule has 0 unspecified atom stereocenters. The van der Waals surface area contributed by atoms with Gasteiger partial charge in [-0.05, 0) is 93.6 Å². The summed E-state index contributed by atoms with van der Waals surface area (Å²) >= 11 is 0. The molecule has 0 saturated heterocycles. The summed E-state index contributed by atoms with van der Waals surface area (Å²) in [5.41, 5.74) is 10.3. The van der Waals surface area contributed by atoms with Gasteiger partial charge in [0.2, 0.25) is 0 Å². The topological polar surface area (TPSA) is 53.5 Å². The molecule has 0 aliphatic heterocycles. The number of nitrogens with zero attached hydrogens (tertiary/aromatic N) is 6. The van der Waals surface area contributed by atoms with E-state index in [1.807, 2.05) is 0 Å². The fourth-order valence-electron chi connectivity index (χ4n) is 8.36. The standard InChI is InChI=1S/C45H36N6/c1-4-49-37-16-10-7-13-31(37)34-25-28(19-22-40(34)49)43-46-44(29-20-23-41-35(26-29)32-14-8-11-17-38(32)50(41)5-2)48-45(47-43)30-21-24-42-36(27-30)33-15-9-12-18-39(33)51(42)6-3/h7-27H,4-6H2,1-3H3. The van der Waals surface area contributed by atoms with Crippen LogP contribution in [-0.4, -0.2) is 28.7 Å². The predicted molar refractivity (Wildman–Crippen MR) is 212 cm³/mol. The van der Waals surface area contributed by atoms with Gasteiger partial charge in [0, 0.05) is 102 Å². The van der Waals surface area contributed by atoms with Gasteiger partial charge in [-0.25, -0.2) is 15.0 Å². The first-order valence-corrected chi connectivity index (χ1v) is 17.9. The number of hydrogen-bond acceptors (Lipinski definition) is 3. The van der Waals surface area contributed by atoms with Gasteiger partial charge in [-0.2, -0.15) is 0 Å². The Bertz CT molecular complexity index is 2660. The highest BCUT2D eigenvalue weighted by molar-refractivity contribution is 6.11. The zero-order valence-corrected chi connectivity index (χ0v) is 28.9. The molecule has 6 nitrogen and oxygen atoms in total. The number of para-hydroxylation sites is 3. The fraction of sp³-hybridized carbons (Fsp3) is 0.133. The van der Waals surface area contributed by atoms with Gasteiger partial charge in [-0.3, -0.25) is 0 Å². The van der Waals surface area contributed by atoms with E-state index in [-0.39, 0.29) is 0 Å². The predicted octanol–water partition coefficient (Wildman–Crippen LogP) is 11.3.